The van der Waals surface area contributed by atoms with Crippen molar-refractivity contribution in [3.8, 4) is 0 Å². The minimum absolute atomic E-state index is 0.168. The topological polar surface area (TPSA) is 97.5 Å². The first kappa shape index (κ1) is 14.9. The highest BCUT2D eigenvalue weighted by atomic mass is 32.2. The Labute approximate surface area is 116 Å². The molecule has 3 atom stereocenters. The molecule has 1 fully saturated rings. The molecule has 20 heavy (non-hydrogen) atoms. The van der Waals surface area contributed by atoms with E-state index >= 15 is 0 Å². The highest BCUT2D eigenvalue weighted by Crippen LogP contribution is 2.62. The second-order valence-electron chi connectivity index (χ2n) is 4.95. The number of hydrogen-bond donors (Lipinski definition) is 2. The Balaban J connectivity index is 2.54. The van der Waals surface area contributed by atoms with Crippen LogP contribution in [0.2, 0.25) is 0 Å². The van der Waals surface area contributed by atoms with Crippen LogP contribution in [-0.2, 0) is 14.6 Å². The summed E-state index contributed by atoms with van der Waals surface area (Å²) in [6.07, 6.45) is 0. The van der Waals surface area contributed by atoms with Gasteiger partial charge in [-0.05, 0) is 17.7 Å². The van der Waals surface area contributed by atoms with Crippen molar-refractivity contribution >= 4 is 15.8 Å². The van der Waals surface area contributed by atoms with Crippen molar-refractivity contribution in [1.29, 1.82) is 0 Å². The van der Waals surface area contributed by atoms with Crippen LogP contribution >= 0.6 is 0 Å². The van der Waals surface area contributed by atoms with E-state index in [0.717, 1.165) is 0 Å². The maximum Gasteiger partial charge on any atom is 0.312 e. The van der Waals surface area contributed by atoms with Crippen molar-refractivity contribution in [1.82, 2.24) is 0 Å². The molecule has 1 aromatic carbocycles. The molecule has 110 valence electrons. The van der Waals surface area contributed by atoms with E-state index in [2.05, 4.69) is 0 Å². The minimum atomic E-state index is -3.58. The van der Waals surface area contributed by atoms with E-state index < -0.39 is 38.2 Å². The van der Waals surface area contributed by atoms with E-state index in [-0.39, 0.29) is 12.3 Å². The van der Waals surface area contributed by atoms with Gasteiger partial charge in [-0.25, -0.2) is 12.8 Å². The van der Waals surface area contributed by atoms with Gasteiger partial charge >= 0.3 is 5.97 Å². The van der Waals surface area contributed by atoms with Crippen LogP contribution in [-0.4, -0.2) is 37.0 Å². The van der Waals surface area contributed by atoms with Crippen LogP contribution in [0.15, 0.2) is 24.3 Å². The predicted molar refractivity (Wildman–Crippen MR) is 71.5 cm³/mol. The van der Waals surface area contributed by atoms with Gasteiger partial charge in [-0.2, -0.15) is 0 Å². The molecule has 5 nitrogen and oxygen atoms in total. The molecular formula is C13H16FNO4S. The lowest BCUT2D eigenvalue weighted by atomic mass is 9.99. The number of hydrogen-bond acceptors (Lipinski definition) is 4. The van der Waals surface area contributed by atoms with Crippen LogP contribution in [0.1, 0.15) is 18.4 Å². The van der Waals surface area contributed by atoms with E-state index in [4.69, 9.17) is 5.73 Å². The Morgan fingerprint density at radius 2 is 2.15 bits per heavy atom. The van der Waals surface area contributed by atoms with Crippen molar-refractivity contribution in [2.45, 2.75) is 18.1 Å². The fraction of sp³-hybridized carbons (Fsp3) is 0.462. The van der Waals surface area contributed by atoms with Gasteiger partial charge in [0.05, 0.1) is 5.25 Å². The van der Waals surface area contributed by atoms with Crippen LogP contribution in [0, 0.1) is 11.2 Å². The van der Waals surface area contributed by atoms with E-state index in [1.54, 1.807) is 0 Å². The molecule has 0 unspecified atom stereocenters. The van der Waals surface area contributed by atoms with Gasteiger partial charge in [0.15, 0.2) is 9.84 Å². The number of aliphatic carboxylic acids is 1. The molecule has 1 aliphatic rings. The number of halogens is 1. The Kier molecular flexibility index (Phi) is 3.60. The molecule has 0 heterocycles. The summed E-state index contributed by atoms with van der Waals surface area (Å²) in [5.74, 6) is -2.75. The highest BCUT2D eigenvalue weighted by molar-refractivity contribution is 7.92. The summed E-state index contributed by atoms with van der Waals surface area (Å²) in [5, 5.41) is 8.30. The second kappa shape index (κ2) is 4.82. The highest BCUT2D eigenvalue weighted by Gasteiger charge is 2.74. The lowest BCUT2D eigenvalue weighted by molar-refractivity contribution is -0.143. The zero-order chi connectivity index (χ0) is 15.1. The molecule has 2 rings (SSSR count). The Bertz CT molecular complexity index is 646. The van der Waals surface area contributed by atoms with Crippen LogP contribution in [0.25, 0.3) is 0 Å². The number of carboxylic acids is 1. The summed E-state index contributed by atoms with van der Waals surface area (Å²) < 4.78 is 37.5. The number of rotatable bonds is 5. The van der Waals surface area contributed by atoms with Gasteiger partial charge in [0, 0.05) is 18.2 Å². The zero-order valence-corrected chi connectivity index (χ0v) is 11.7. The third-order valence-corrected chi connectivity index (χ3v) is 6.26. The monoisotopic (exact) mass is 301 g/mol. The molecule has 0 spiro atoms. The van der Waals surface area contributed by atoms with Crippen molar-refractivity contribution in [3.05, 3.63) is 35.6 Å². The van der Waals surface area contributed by atoms with Crippen molar-refractivity contribution in [3.63, 3.8) is 0 Å². The van der Waals surface area contributed by atoms with Gasteiger partial charge in [-0.1, -0.05) is 19.1 Å². The van der Waals surface area contributed by atoms with Crippen LogP contribution in [0.4, 0.5) is 4.39 Å². The van der Waals surface area contributed by atoms with E-state index in [0.29, 0.717) is 5.56 Å². The predicted octanol–water partition coefficient (Wildman–Crippen LogP) is 0.756. The molecule has 0 radical (unpaired) electrons. The molecule has 0 aliphatic heterocycles. The van der Waals surface area contributed by atoms with Crippen LogP contribution < -0.4 is 5.73 Å². The summed E-state index contributed by atoms with van der Waals surface area (Å²) in [7, 11) is -3.58. The normalized spacial score (nSPS) is 29.1. The van der Waals surface area contributed by atoms with Gasteiger partial charge in [-0.15, -0.1) is 0 Å². The summed E-state index contributed by atoms with van der Waals surface area (Å²) >= 11 is 0. The van der Waals surface area contributed by atoms with Crippen molar-refractivity contribution < 1.29 is 22.7 Å². The van der Waals surface area contributed by atoms with Crippen LogP contribution in [0.3, 0.4) is 0 Å². The third-order valence-electron chi connectivity index (χ3n) is 3.99. The Morgan fingerprint density at radius 1 is 1.50 bits per heavy atom. The standard InChI is InChI=1S/C13H16FNO4S/c1-2-20(18,19)11-10(13(11,7-15)12(16)17)8-4-3-5-9(14)6-8/h3-6,10-11H,2,7,15H2,1H3,(H,16,17)/t10-,11-,13+/m0/s1. The fourth-order valence-electron chi connectivity index (χ4n) is 2.87. The number of carboxylic acid groups (broad SMARTS) is 1. The summed E-state index contributed by atoms with van der Waals surface area (Å²) in [5.41, 5.74) is 4.35. The second-order valence-corrected chi connectivity index (χ2v) is 7.37. The number of nitrogens with two attached hydrogens (primary N) is 1. The molecule has 0 saturated heterocycles. The number of sulfone groups is 1. The first-order valence-corrected chi connectivity index (χ1v) is 7.93. The largest absolute Gasteiger partial charge is 0.481 e. The molecule has 7 heteroatoms. The molecular weight excluding hydrogens is 285 g/mol. The number of carbonyl (C=O) groups is 1. The lowest BCUT2D eigenvalue weighted by Crippen LogP contribution is -2.32. The molecule has 0 amide bonds. The average molecular weight is 301 g/mol. The van der Waals surface area contributed by atoms with Crippen molar-refractivity contribution in [2.75, 3.05) is 12.3 Å². The molecule has 0 aromatic heterocycles. The van der Waals surface area contributed by atoms with Crippen molar-refractivity contribution in [2.24, 2.45) is 11.1 Å². The molecule has 3 N–H and O–H groups in total. The summed E-state index contributed by atoms with van der Waals surface area (Å²) in [6, 6.07) is 5.36. The van der Waals surface area contributed by atoms with Gasteiger partial charge in [0.1, 0.15) is 11.2 Å². The average Bonchev–Trinajstić information content (AvgIpc) is 3.10. The van der Waals surface area contributed by atoms with E-state index in [1.807, 2.05) is 0 Å². The Hall–Kier alpha value is -1.47. The first-order chi connectivity index (χ1) is 9.31. The maximum absolute atomic E-state index is 13.3. The molecule has 1 aliphatic carbocycles. The van der Waals surface area contributed by atoms with Gasteiger partial charge in [-0.3, -0.25) is 4.79 Å². The zero-order valence-electron chi connectivity index (χ0n) is 10.9. The smallest absolute Gasteiger partial charge is 0.312 e. The fourth-order valence-corrected chi connectivity index (χ4v) is 4.95. The van der Waals surface area contributed by atoms with E-state index in [9.17, 15) is 22.7 Å². The summed E-state index contributed by atoms with van der Waals surface area (Å²) in [4.78, 5) is 11.5. The quantitative estimate of drug-likeness (QED) is 0.836. The van der Waals surface area contributed by atoms with Crippen LogP contribution in [0.5, 0.6) is 0 Å². The minimum Gasteiger partial charge on any atom is -0.481 e. The van der Waals surface area contributed by atoms with Gasteiger partial charge in [0.25, 0.3) is 0 Å². The molecule has 0 bridgehead atoms. The molecule has 1 saturated carbocycles. The van der Waals surface area contributed by atoms with E-state index in [1.165, 1.54) is 31.2 Å². The summed E-state index contributed by atoms with van der Waals surface area (Å²) in [6.45, 7) is 1.16. The SMILES string of the molecule is CCS(=O)(=O)[C@H]1[C@H](c2cccc(F)c2)[C@@]1(CN)C(=O)O. The Morgan fingerprint density at radius 3 is 2.60 bits per heavy atom. The number of benzene rings is 1. The first-order valence-electron chi connectivity index (χ1n) is 6.21. The van der Waals surface area contributed by atoms with Gasteiger partial charge in [0.2, 0.25) is 0 Å². The maximum atomic E-state index is 13.3. The van der Waals surface area contributed by atoms with Gasteiger partial charge < -0.3 is 10.8 Å². The molecule has 1 aromatic rings. The third kappa shape index (κ3) is 2.01. The lowest BCUT2D eigenvalue weighted by Gasteiger charge is -2.09.